The van der Waals surface area contributed by atoms with Crippen molar-refractivity contribution in [3.05, 3.63) is 59.2 Å². The molecule has 0 fully saturated rings. The molecule has 3 amide bonds. The van der Waals surface area contributed by atoms with Gasteiger partial charge in [-0.2, -0.15) is 0 Å². The molecule has 29 heavy (non-hydrogen) atoms. The van der Waals surface area contributed by atoms with E-state index in [-0.39, 0.29) is 29.2 Å². The number of anilines is 2. The first-order valence-corrected chi connectivity index (χ1v) is 9.76. The van der Waals surface area contributed by atoms with Gasteiger partial charge in [-0.05, 0) is 47.6 Å². The van der Waals surface area contributed by atoms with E-state index in [0.717, 1.165) is 18.4 Å². The van der Waals surface area contributed by atoms with E-state index in [9.17, 15) is 14.4 Å². The zero-order valence-corrected chi connectivity index (χ0v) is 17.3. The lowest BCUT2D eigenvalue weighted by atomic mass is 9.71. The second-order valence-electron chi connectivity index (χ2n) is 8.20. The van der Waals surface area contributed by atoms with Gasteiger partial charge in [0.2, 0.25) is 11.8 Å². The number of rotatable bonds is 4. The third-order valence-electron chi connectivity index (χ3n) is 5.26. The molecule has 2 aromatic carbocycles. The van der Waals surface area contributed by atoms with Crippen LogP contribution in [0.5, 0.6) is 0 Å². The predicted octanol–water partition coefficient (Wildman–Crippen LogP) is 4.15. The van der Waals surface area contributed by atoms with Gasteiger partial charge in [0, 0.05) is 30.8 Å². The fraction of sp³-hybridized carbons (Fsp3) is 0.348. The summed E-state index contributed by atoms with van der Waals surface area (Å²) in [5.74, 6) is -0.747. The summed E-state index contributed by atoms with van der Waals surface area (Å²) in [6.45, 7) is 7.23. The van der Waals surface area contributed by atoms with Crippen LogP contribution in [0.4, 0.5) is 11.4 Å². The molecule has 0 spiro atoms. The third-order valence-corrected chi connectivity index (χ3v) is 5.26. The molecule has 0 saturated heterocycles. The maximum atomic E-state index is 13.0. The Bertz CT molecular complexity index is 931. The van der Waals surface area contributed by atoms with Crippen LogP contribution in [0.1, 0.15) is 68.1 Å². The lowest BCUT2D eigenvalue weighted by Gasteiger charge is -2.37. The molecule has 1 unspecified atom stereocenters. The van der Waals surface area contributed by atoms with Gasteiger partial charge in [-0.3, -0.25) is 14.4 Å². The minimum Gasteiger partial charge on any atom is -0.345 e. The highest BCUT2D eigenvalue weighted by atomic mass is 16.2. The van der Waals surface area contributed by atoms with Gasteiger partial charge in [0.1, 0.15) is 0 Å². The Morgan fingerprint density at radius 3 is 2.10 bits per heavy atom. The number of hydrogen-bond acceptors (Lipinski definition) is 3. The topological polar surface area (TPSA) is 87.3 Å². The van der Waals surface area contributed by atoms with Crippen molar-refractivity contribution >= 4 is 29.1 Å². The molecule has 0 aliphatic heterocycles. The minimum absolute atomic E-state index is 0.0712. The summed E-state index contributed by atoms with van der Waals surface area (Å²) in [4.78, 5) is 35.9. The summed E-state index contributed by atoms with van der Waals surface area (Å²) >= 11 is 0. The van der Waals surface area contributed by atoms with Gasteiger partial charge in [0.25, 0.3) is 5.91 Å². The largest absolute Gasteiger partial charge is 0.345 e. The van der Waals surface area contributed by atoms with E-state index in [1.807, 2.05) is 12.1 Å². The van der Waals surface area contributed by atoms with Crippen molar-refractivity contribution in [2.24, 2.45) is 0 Å². The van der Waals surface area contributed by atoms with Gasteiger partial charge in [0.05, 0.1) is 6.04 Å². The minimum atomic E-state index is -0.250. The van der Waals surface area contributed by atoms with E-state index in [1.54, 1.807) is 18.2 Å². The molecule has 152 valence electrons. The highest BCUT2D eigenvalue weighted by Crippen LogP contribution is 2.41. The Balaban J connectivity index is 1.88. The molecule has 6 heteroatoms. The first-order chi connectivity index (χ1) is 13.7. The first kappa shape index (κ1) is 20.6. The molecule has 0 saturated carbocycles. The number of nitrogens with one attached hydrogen (secondary N) is 3. The van der Waals surface area contributed by atoms with Gasteiger partial charge in [0.15, 0.2) is 0 Å². The third kappa shape index (κ3) is 4.83. The van der Waals surface area contributed by atoms with Crippen LogP contribution in [0.2, 0.25) is 0 Å². The van der Waals surface area contributed by atoms with E-state index in [0.29, 0.717) is 16.9 Å². The zero-order valence-electron chi connectivity index (χ0n) is 17.3. The number of carbonyl (C=O) groups excluding carboxylic acids is 3. The van der Waals surface area contributed by atoms with E-state index in [4.69, 9.17) is 0 Å². The molecule has 0 aromatic heterocycles. The van der Waals surface area contributed by atoms with Crippen LogP contribution < -0.4 is 16.0 Å². The van der Waals surface area contributed by atoms with Crippen molar-refractivity contribution in [1.82, 2.24) is 5.32 Å². The van der Waals surface area contributed by atoms with Crippen LogP contribution in [0.15, 0.2) is 42.5 Å². The summed E-state index contributed by atoms with van der Waals surface area (Å²) in [6, 6.07) is 13.0. The summed E-state index contributed by atoms with van der Waals surface area (Å²) < 4.78 is 0. The van der Waals surface area contributed by atoms with Gasteiger partial charge in [-0.25, -0.2) is 0 Å². The molecule has 0 radical (unpaired) electrons. The molecule has 1 aliphatic carbocycles. The molecule has 0 bridgehead atoms. The molecule has 2 aromatic rings. The average molecular weight is 393 g/mol. The lowest BCUT2D eigenvalue weighted by Crippen LogP contribution is -2.35. The first-order valence-electron chi connectivity index (χ1n) is 9.76. The van der Waals surface area contributed by atoms with E-state index >= 15 is 0 Å². The Morgan fingerprint density at radius 1 is 0.931 bits per heavy atom. The highest BCUT2D eigenvalue weighted by Gasteiger charge is 2.33. The average Bonchev–Trinajstić information content (AvgIpc) is 2.63. The number of hydrogen-bond donors (Lipinski definition) is 3. The van der Waals surface area contributed by atoms with Gasteiger partial charge in [-0.1, -0.05) is 38.1 Å². The van der Waals surface area contributed by atoms with Gasteiger partial charge >= 0.3 is 0 Å². The van der Waals surface area contributed by atoms with Gasteiger partial charge in [-0.15, -0.1) is 0 Å². The van der Waals surface area contributed by atoms with Crippen molar-refractivity contribution in [2.75, 3.05) is 10.6 Å². The Kier molecular flexibility index (Phi) is 5.73. The van der Waals surface area contributed by atoms with Crippen LogP contribution in [0.25, 0.3) is 0 Å². The van der Waals surface area contributed by atoms with Crippen LogP contribution in [0.3, 0.4) is 0 Å². The zero-order chi connectivity index (χ0) is 21.2. The smallest absolute Gasteiger partial charge is 0.251 e. The van der Waals surface area contributed by atoms with Crippen LogP contribution in [0, 0.1) is 0 Å². The Hall–Kier alpha value is -3.15. The second-order valence-corrected chi connectivity index (χ2v) is 8.20. The van der Waals surface area contributed by atoms with Crippen molar-refractivity contribution in [3.8, 4) is 0 Å². The SMILES string of the molecule is CC(=O)Nc1cc(NC(C)=O)cc(C(=O)NC2CCC(C)(C)c3ccccc32)c1. The molecule has 1 atom stereocenters. The Labute approximate surface area is 171 Å². The van der Waals surface area contributed by atoms with Crippen molar-refractivity contribution in [1.29, 1.82) is 0 Å². The monoisotopic (exact) mass is 393 g/mol. The lowest BCUT2D eigenvalue weighted by molar-refractivity contribution is -0.115. The molecule has 1 aliphatic rings. The molecule has 3 N–H and O–H groups in total. The number of carbonyl (C=O) groups is 3. The molecular weight excluding hydrogens is 366 g/mol. The number of amides is 3. The van der Waals surface area contributed by atoms with Crippen molar-refractivity contribution in [2.45, 2.75) is 52.0 Å². The summed E-state index contributed by atoms with van der Waals surface area (Å²) in [6.07, 6.45) is 1.82. The summed E-state index contributed by atoms with van der Waals surface area (Å²) in [5, 5.41) is 8.47. The maximum Gasteiger partial charge on any atom is 0.251 e. The molecule has 6 nitrogen and oxygen atoms in total. The van der Waals surface area contributed by atoms with E-state index < -0.39 is 0 Å². The van der Waals surface area contributed by atoms with Crippen LogP contribution in [-0.4, -0.2) is 17.7 Å². The van der Waals surface area contributed by atoms with Crippen molar-refractivity contribution < 1.29 is 14.4 Å². The van der Waals surface area contributed by atoms with Crippen LogP contribution >= 0.6 is 0 Å². The normalized spacial score (nSPS) is 17.0. The fourth-order valence-corrected chi connectivity index (χ4v) is 3.91. The Morgan fingerprint density at radius 2 is 1.52 bits per heavy atom. The predicted molar refractivity (Wildman–Crippen MR) is 114 cm³/mol. The molecule has 3 rings (SSSR count). The number of benzene rings is 2. The van der Waals surface area contributed by atoms with Gasteiger partial charge < -0.3 is 16.0 Å². The van der Waals surface area contributed by atoms with E-state index in [2.05, 4.69) is 41.9 Å². The molecular formula is C23H27N3O3. The second kappa shape index (κ2) is 8.07. The maximum absolute atomic E-state index is 13.0. The van der Waals surface area contributed by atoms with Crippen LogP contribution in [-0.2, 0) is 15.0 Å². The quantitative estimate of drug-likeness (QED) is 0.729. The highest BCUT2D eigenvalue weighted by molar-refractivity contribution is 6.00. The van der Waals surface area contributed by atoms with E-state index in [1.165, 1.54) is 19.4 Å². The van der Waals surface area contributed by atoms with Crippen molar-refractivity contribution in [3.63, 3.8) is 0 Å². The molecule has 0 heterocycles. The standard InChI is InChI=1S/C23H27N3O3/c1-14(27)24-17-11-16(12-18(13-17)25-15(2)28)22(29)26-21-9-10-23(3,4)20-8-6-5-7-19(20)21/h5-8,11-13,21H,9-10H2,1-4H3,(H,24,27)(H,25,28)(H,26,29). The summed E-state index contributed by atoms with van der Waals surface area (Å²) in [5.41, 5.74) is 3.75. The summed E-state index contributed by atoms with van der Waals surface area (Å²) in [7, 11) is 0. The fourth-order valence-electron chi connectivity index (χ4n) is 3.91. The number of fused-ring (bicyclic) bond motifs is 1.